The molecule has 0 radical (unpaired) electrons. The Balaban J connectivity index is 1.71. The molecular formula is C32H29ClN4O3S. The van der Waals surface area contributed by atoms with Crippen LogP contribution in [0.5, 0.6) is 0 Å². The lowest BCUT2D eigenvalue weighted by Crippen LogP contribution is -2.27. The minimum Gasteiger partial charge on any atom is -0.366 e. The fourth-order valence-corrected chi connectivity index (χ4v) is 5.96. The molecule has 5 aromatic rings. The number of amides is 1. The number of hydrogen-bond acceptors (Lipinski definition) is 7. The van der Waals surface area contributed by atoms with Crippen molar-refractivity contribution >= 4 is 44.8 Å². The monoisotopic (exact) mass is 584 g/mol. The molecule has 9 heteroatoms. The minimum atomic E-state index is -0.756. The fraction of sp³-hybridized carbons (Fsp3) is 0.219. The van der Waals surface area contributed by atoms with Crippen LogP contribution in [0, 0.1) is 6.92 Å². The molecule has 2 aromatic carbocycles. The molecule has 0 spiro atoms. The van der Waals surface area contributed by atoms with Crippen LogP contribution in [0.3, 0.4) is 0 Å². The zero-order valence-corrected chi connectivity index (χ0v) is 24.9. The van der Waals surface area contributed by atoms with Gasteiger partial charge in [-0.05, 0) is 82.1 Å². The number of primary amides is 1. The number of benzene rings is 2. The van der Waals surface area contributed by atoms with Crippen molar-refractivity contribution < 1.29 is 14.3 Å². The predicted molar refractivity (Wildman–Crippen MR) is 164 cm³/mol. The molecule has 0 bridgehead atoms. The summed E-state index contributed by atoms with van der Waals surface area (Å²) in [5.74, 6) is -0.630. The molecule has 0 aliphatic carbocycles. The van der Waals surface area contributed by atoms with Crippen molar-refractivity contribution in [2.45, 2.75) is 46.3 Å². The lowest BCUT2D eigenvalue weighted by atomic mass is 9.90. The Bertz CT molecular complexity index is 1790. The van der Waals surface area contributed by atoms with E-state index in [4.69, 9.17) is 27.1 Å². The van der Waals surface area contributed by atoms with Gasteiger partial charge in [-0.3, -0.25) is 19.6 Å². The van der Waals surface area contributed by atoms with Crippen LogP contribution in [0.2, 0.25) is 5.02 Å². The van der Waals surface area contributed by atoms with Gasteiger partial charge in [0.15, 0.2) is 5.78 Å². The molecule has 0 aliphatic heterocycles. The summed E-state index contributed by atoms with van der Waals surface area (Å²) in [6.45, 7) is 9.38. The number of fused-ring (bicyclic) bond motifs is 1. The first-order valence-electron chi connectivity index (χ1n) is 13.0. The molecule has 5 rings (SSSR count). The quantitative estimate of drug-likeness (QED) is 0.211. The van der Waals surface area contributed by atoms with Crippen LogP contribution >= 0.6 is 22.9 Å². The maximum absolute atomic E-state index is 13.0. The van der Waals surface area contributed by atoms with E-state index in [1.807, 2.05) is 70.2 Å². The van der Waals surface area contributed by atoms with Gasteiger partial charge in [0.1, 0.15) is 11.1 Å². The third-order valence-electron chi connectivity index (χ3n) is 6.49. The second-order valence-corrected chi connectivity index (χ2v) is 12.3. The van der Waals surface area contributed by atoms with E-state index in [0.29, 0.717) is 21.8 Å². The number of hydrogen-bond donors (Lipinski definition) is 1. The van der Waals surface area contributed by atoms with Crippen molar-refractivity contribution in [2.75, 3.05) is 0 Å². The average Bonchev–Trinajstić information content (AvgIpc) is 3.35. The number of Topliss-reactive ketones (excluding diaryl/α,β-unsaturated/α-hetero) is 1. The largest absolute Gasteiger partial charge is 0.366 e. The molecule has 0 unspecified atom stereocenters. The van der Waals surface area contributed by atoms with Gasteiger partial charge in [-0.25, -0.2) is 4.98 Å². The maximum Gasteiger partial charge on any atom is 0.250 e. The van der Waals surface area contributed by atoms with Crippen molar-refractivity contribution in [3.63, 3.8) is 0 Å². The first-order valence-corrected chi connectivity index (χ1v) is 14.2. The third kappa shape index (κ3) is 6.05. The molecule has 0 saturated heterocycles. The number of ether oxygens (including phenoxy) is 1. The highest BCUT2D eigenvalue weighted by Crippen LogP contribution is 2.44. The molecule has 0 aliphatic rings. The minimum absolute atomic E-state index is 0.0760. The zero-order valence-electron chi connectivity index (χ0n) is 23.4. The number of rotatable bonds is 7. The highest BCUT2D eigenvalue weighted by molar-refractivity contribution is 7.22. The Labute approximate surface area is 247 Å². The Kier molecular flexibility index (Phi) is 7.74. The highest BCUT2D eigenvalue weighted by Gasteiger charge is 2.30. The van der Waals surface area contributed by atoms with Crippen molar-refractivity contribution in [1.29, 1.82) is 0 Å². The van der Waals surface area contributed by atoms with Crippen molar-refractivity contribution in [2.24, 2.45) is 5.73 Å². The summed E-state index contributed by atoms with van der Waals surface area (Å²) >= 11 is 7.77. The lowest BCUT2D eigenvalue weighted by Gasteiger charge is -2.29. The second kappa shape index (κ2) is 11.1. The van der Waals surface area contributed by atoms with Gasteiger partial charge in [0.05, 0.1) is 27.1 Å². The third-order valence-corrected chi connectivity index (χ3v) is 7.88. The molecule has 0 fully saturated rings. The zero-order chi connectivity index (χ0) is 29.5. The van der Waals surface area contributed by atoms with E-state index in [1.54, 1.807) is 25.4 Å². The van der Waals surface area contributed by atoms with E-state index >= 15 is 0 Å². The topological polar surface area (TPSA) is 108 Å². The Morgan fingerprint density at radius 2 is 1.73 bits per heavy atom. The lowest BCUT2D eigenvalue weighted by molar-refractivity contribution is -0.138. The molecule has 1 atom stereocenters. The number of nitrogens with zero attached hydrogens (tertiary/aromatic N) is 3. The van der Waals surface area contributed by atoms with Crippen molar-refractivity contribution in [3.05, 3.63) is 88.8 Å². The van der Waals surface area contributed by atoms with Gasteiger partial charge in [0, 0.05) is 45.9 Å². The Hall–Kier alpha value is -3.98. The van der Waals surface area contributed by atoms with Crippen LogP contribution in [-0.2, 0) is 9.53 Å². The van der Waals surface area contributed by atoms with Crippen LogP contribution in [0.15, 0.2) is 67.1 Å². The number of pyridine rings is 2. The number of thiazole rings is 1. The molecule has 3 heterocycles. The van der Waals surface area contributed by atoms with Crippen LogP contribution < -0.4 is 5.73 Å². The smallest absolute Gasteiger partial charge is 0.250 e. The van der Waals surface area contributed by atoms with E-state index in [1.165, 1.54) is 17.5 Å². The van der Waals surface area contributed by atoms with Gasteiger partial charge in [0.2, 0.25) is 5.91 Å². The number of carbonyl (C=O) groups excluding carboxylic acids is 2. The maximum atomic E-state index is 13.0. The summed E-state index contributed by atoms with van der Waals surface area (Å²) in [5, 5.41) is 1.41. The second-order valence-electron chi connectivity index (χ2n) is 10.8. The highest BCUT2D eigenvalue weighted by atomic mass is 35.5. The first-order chi connectivity index (χ1) is 19.4. The molecule has 1 amide bonds. The van der Waals surface area contributed by atoms with Crippen molar-refractivity contribution in [3.8, 4) is 33.0 Å². The first kappa shape index (κ1) is 28.5. The fourth-order valence-electron chi connectivity index (χ4n) is 4.71. The molecule has 7 nitrogen and oxygen atoms in total. The molecule has 2 N–H and O–H groups in total. The summed E-state index contributed by atoms with van der Waals surface area (Å²) in [6.07, 6.45) is 4.02. The summed E-state index contributed by atoms with van der Waals surface area (Å²) in [6, 6.07) is 15.1. The van der Waals surface area contributed by atoms with E-state index in [0.717, 1.165) is 43.0 Å². The summed E-state index contributed by atoms with van der Waals surface area (Å²) < 4.78 is 7.28. The van der Waals surface area contributed by atoms with Gasteiger partial charge in [-0.15, -0.1) is 11.3 Å². The van der Waals surface area contributed by atoms with Crippen LogP contribution in [0.4, 0.5) is 0 Å². The van der Waals surface area contributed by atoms with Crippen LogP contribution in [0.1, 0.15) is 55.3 Å². The normalized spacial score (nSPS) is 12.4. The van der Waals surface area contributed by atoms with Crippen molar-refractivity contribution in [1.82, 2.24) is 15.0 Å². The van der Waals surface area contributed by atoms with Gasteiger partial charge in [0.25, 0.3) is 0 Å². The molecule has 208 valence electrons. The standard InChI is InChI=1S/C32H29ClN4O3S/c1-17-12-25-29(27(19-6-8-23(33)9-7-19)26(17)28(18(2)38)40-32(3,4)5)41-31(37-25)20-10-11-36-24(14-20)21-13-22(30(34)39)16-35-15-21/h6-16,28H,1-5H3,(H2,34,39)/t28-/m1/s1. The number of nitrogens with two attached hydrogens (primary N) is 1. The Morgan fingerprint density at radius 3 is 2.39 bits per heavy atom. The van der Waals surface area contributed by atoms with Gasteiger partial charge in [-0.2, -0.15) is 0 Å². The van der Waals surface area contributed by atoms with Gasteiger partial charge >= 0.3 is 0 Å². The van der Waals surface area contributed by atoms with E-state index in [-0.39, 0.29) is 5.78 Å². The summed E-state index contributed by atoms with van der Waals surface area (Å²) in [7, 11) is 0. The van der Waals surface area contributed by atoms with Gasteiger partial charge in [-0.1, -0.05) is 23.7 Å². The predicted octanol–water partition coefficient (Wildman–Crippen LogP) is 7.59. The molecule has 3 aromatic heterocycles. The van der Waals surface area contributed by atoms with Crippen LogP contribution in [0.25, 0.3) is 43.2 Å². The number of aromatic nitrogens is 3. The molecular weight excluding hydrogens is 556 g/mol. The number of aryl methyl sites for hydroxylation is 1. The average molecular weight is 585 g/mol. The molecule has 0 saturated carbocycles. The number of ketones is 1. The SMILES string of the molecule is CC(=O)[C@@H](OC(C)(C)C)c1c(C)cc2nc(-c3ccnc(-c4cncc(C(N)=O)c4)c3)sc2c1-c1ccc(Cl)cc1. The van der Waals surface area contributed by atoms with E-state index < -0.39 is 17.6 Å². The summed E-state index contributed by atoms with van der Waals surface area (Å²) in [5.41, 5.74) is 11.8. The summed E-state index contributed by atoms with van der Waals surface area (Å²) in [4.78, 5) is 38.3. The van der Waals surface area contributed by atoms with E-state index in [2.05, 4.69) is 9.97 Å². The number of carbonyl (C=O) groups is 2. The Morgan fingerprint density at radius 1 is 1.00 bits per heavy atom. The molecule has 41 heavy (non-hydrogen) atoms. The van der Waals surface area contributed by atoms with Crippen LogP contribution in [-0.4, -0.2) is 32.2 Å². The van der Waals surface area contributed by atoms with Gasteiger partial charge < -0.3 is 10.5 Å². The van der Waals surface area contributed by atoms with E-state index in [9.17, 15) is 9.59 Å². The number of halogens is 1.